The molecule has 0 unspecified atom stereocenters. The zero-order valence-electron chi connectivity index (χ0n) is 10.7. The maximum atomic E-state index is 10.7. The molecule has 110 valence electrons. The molecule has 7 heteroatoms. The maximum Gasteiger partial charge on any atom is 0.270 e. The van der Waals surface area contributed by atoms with Crippen LogP contribution in [0.15, 0.2) is 40.9 Å². The van der Waals surface area contributed by atoms with Crippen LogP contribution in [0, 0.1) is 10.1 Å². The van der Waals surface area contributed by atoms with E-state index in [4.69, 9.17) is 16.3 Å². The van der Waals surface area contributed by atoms with Gasteiger partial charge in [-0.05, 0) is 24.3 Å². The molecule has 0 saturated heterocycles. The summed E-state index contributed by atoms with van der Waals surface area (Å²) in [6.07, 6.45) is 0. The number of hydrogen-bond acceptors (Lipinski definition) is 3. The van der Waals surface area contributed by atoms with Gasteiger partial charge in [-0.25, -0.2) is 0 Å². The molecule has 0 aliphatic rings. The van der Waals surface area contributed by atoms with Crippen LogP contribution in [-0.4, -0.2) is 4.92 Å². The first-order valence-electron chi connectivity index (χ1n) is 5.91. The van der Waals surface area contributed by atoms with Gasteiger partial charge in [-0.3, -0.25) is 10.1 Å². The monoisotopic (exact) mass is 433 g/mol. The van der Waals surface area contributed by atoms with E-state index in [1.165, 1.54) is 12.1 Å². The number of ether oxygens (including phenoxy) is 1. The molecule has 2 rings (SSSR count). The van der Waals surface area contributed by atoms with Crippen molar-refractivity contribution in [3.8, 4) is 5.75 Å². The Labute approximate surface area is 143 Å². The minimum Gasteiger partial charge on any atom is -0.489 e. The predicted octanol–water partition coefficient (Wildman–Crippen LogP) is 5.48. The van der Waals surface area contributed by atoms with E-state index in [1.807, 2.05) is 18.2 Å². The molecular weight excluding hydrogens is 425 g/mol. The van der Waals surface area contributed by atoms with Crippen LogP contribution < -0.4 is 4.74 Å². The number of halogens is 3. The highest BCUT2D eigenvalue weighted by atomic mass is 79.9. The largest absolute Gasteiger partial charge is 0.489 e. The van der Waals surface area contributed by atoms with Gasteiger partial charge in [0.1, 0.15) is 12.4 Å². The van der Waals surface area contributed by atoms with E-state index in [2.05, 4.69) is 31.9 Å². The van der Waals surface area contributed by atoms with Crippen molar-refractivity contribution in [3.05, 3.63) is 67.1 Å². The molecule has 0 N–H and O–H groups in total. The normalized spacial score (nSPS) is 10.4. The second-order valence-corrected chi connectivity index (χ2v) is 6.09. The summed E-state index contributed by atoms with van der Waals surface area (Å²) in [7, 11) is 0. The SMILES string of the molecule is O=[N+]([O-])c1ccc(COc2ccc(Br)cc2CBr)c(Cl)c1. The third kappa shape index (κ3) is 4.18. The van der Waals surface area contributed by atoms with Crippen molar-refractivity contribution < 1.29 is 9.66 Å². The van der Waals surface area contributed by atoms with Gasteiger partial charge < -0.3 is 4.74 Å². The molecule has 0 aliphatic heterocycles. The van der Waals surface area contributed by atoms with Crippen LogP contribution in [0.2, 0.25) is 5.02 Å². The Morgan fingerprint density at radius 3 is 2.57 bits per heavy atom. The number of rotatable bonds is 5. The summed E-state index contributed by atoms with van der Waals surface area (Å²) < 4.78 is 6.72. The summed E-state index contributed by atoms with van der Waals surface area (Å²) in [6, 6.07) is 10.1. The van der Waals surface area contributed by atoms with Crippen molar-refractivity contribution in [3.63, 3.8) is 0 Å². The van der Waals surface area contributed by atoms with E-state index in [0.717, 1.165) is 15.8 Å². The number of benzene rings is 2. The zero-order chi connectivity index (χ0) is 15.4. The third-order valence-electron chi connectivity index (χ3n) is 2.80. The van der Waals surface area contributed by atoms with Crippen molar-refractivity contribution >= 4 is 49.1 Å². The number of nitro groups is 1. The van der Waals surface area contributed by atoms with E-state index >= 15 is 0 Å². The van der Waals surface area contributed by atoms with E-state index in [1.54, 1.807) is 6.07 Å². The average molecular weight is 435 g/mol. The lowest BCUT2D eigenvalue weighted by Gasteiger charge is -2.11. The quantitative estimate of drug-likeness (QED) is 0.355. The van der Waals surface area contributed by atoms with Crippen LogP contribution in [0.1, 0.15) is 11.1 Å². The average Bonchev–Trinajstić information content (AvgIpc) is 2.46. The predicted molar refractivity (Wildman–Crippen MR) is 89.2 cm³/mol. The fourth-order valence-electron chi connectivity index (χ4n) is 1.72. The Morgan fingerprint density at radius 1 is 1.19 bits per heavy atom. The second-order valence-electron chi connectivity index (χ2n) is 4.21. The summed E-state index contributed by atoms with van der Waals surface area (Å²) in [5.41, 5.74) is 1.67. The second kappa shape index (κ2) is 7.24. The van der Waals surface area contributed by atoms with Crippen molar-refractivity contribution in [1.29, 1.82) is 0 Å². The van der Waals surface area contributed by atoms with Crippen molar-refractivity contribution in [1.82, 2.24) is 0 Å². The molecule has 0 fully saturated rings. The Balaban J connectivity index is 2.15. The molecule has 0 bridgehead atoms. The molecule has 0 aliphatic carbocycles. The fraction of sp³-hybridized carbons (Fsp3) is 0.143. The van der Waals surface area contributed by atoms with E-state index in [0.29, 0.717) is 15.9 Å². The van der Waals surface area contributed by atoms with Crippen LogP contribution in [0.3, 0.4) is 0 Å². The first-order chi connectivity index (χ1) is 10.0. The van der Waals surface area contributed by atoms with Crippen molar-refractivity contribution in [2.45, 2.75) is 11.9 Å². The lowest BCUT2D eigenvalue weighted by molar-refractivity contribution is -0.384. The number of nitro benzene ring substituents is 1. The summed E-state index contributed by atoms with van der Waals surface area (Å²) in [5.74, 6) is 0.740. The van der Waals surface area contributed by atoms with Gasteiger partial charge in [0, 0.05) is 33.1 Å². The molecule has 0 heterocycles. The standard InChI is InChI=1S/C14H10Br2ClNO3/c15-7-10-5-11(16)2-4-14(10)21-8-9-1-3-12(18(19)20)6-13(9)17/h1-6H,7-8H2. The lowest BCUT2D eigenvalue weighted by atomic mass is 10.2. The number of non-ortho nitro benzene ring substituents is 1. The topological polar surface area (TPSA) is 52.4 Å². The molecule has 0 radical (unpaired) electrons. The minimum absolute atomic E-state index is 0.0338. The highest BCUT2D eigenvalue weighted by Gasteiger charge is 2.11. The number of nitrogens with zero attached hydrogens (tertiary/aromatic N) is 1. The first kappa shape index (κ1) is 16.3. The molecule has 0 aromatic heterocycles. The van der Waals surface area contributed by atoms with Gasteiger partial charge in [0.25, 0.3) is 5.69 Å². The molecule has 21 heavy (non-hydrogen) atoms. The molecular formula is C14H10Br2ClNO3. The molecule has 0 saturated carbocycles. The fourth-order valence-corrected chi connectivity index (χ4v) is 2.79. The molecule has 2 aromatic rings. The summed E-state index contributed by atoms with van der Waals surface area (Å²) in [4.78, 5) is 10.2. The molecule has 4 nitrogen and oxygen atoms in total. The van der Waals surface area contributed by atoms with Crippen molar-refractivity contribution in [2.75, 3.05) is 0 Å². The van der Waals surface area contributed by atoms with Gasteiger partial charge in [-0.1, -0.05) is 43.5 Å². The van der Waals surface area contributed by atoms with Crippen LogP contribution >= 0.6 is 43.5 Å². The first-order valence-corrected chi connectivity index (χ1v) is 8.20. The van der Waals surface area contributed by atoms with Gasteiger partial charge in [-0.2, -0.15) is 0 Å². The van der Waals surface area contributed by atoms with E-state index < -0.39 is 4.92 Å². The lowest BCUT2D eigenvalue weighted by Crippen LogP contribution is -1.99. The Hall–Kier alpha value is -1.11. The Bertz CT molecular complexity index is 679. The van der Waals surface area contributed by atoms with Gasteiger partial charge in [-0.15, -0.1) is 0 Å². The van der Waals surface area contributed by atoms with E-state index in [9.17, 15) is 10.1 Å². The van der Waals surface area contributed by atoms with E-state index in [-0.39, 0.29) is 12.3 Å². The minimum atomic E-state index is -0.478. The summed E-state index contributed by atoms with van der Waals surface area (Å²) >= 11 is 12.8. The number of hydrogen-bond donors (Lipinski definition) is 0. The smallest absolute Gasteiger partial charge is 0.270 e. The zero-order valence-corrected chi connectivity index (χ0v) is 14.6. The van der Waals surface area contributed by atoms with Gasteiger partial charge >= 0.3 is 0 Å². The Morgan fingerprint density at radius 2 is 1.95 bits per heavy atom. The summed E-state index contributed by atoms with van der Waals surface area (Å²) in [6.45, 7) is 0.248. The van der Waals surface area contributed by atoms with Crippen molar-refractivity contribution in [2.24, 2.45) is 0 Å². The highest BCUT2D eigenvalue weighted by molar-refractivity contribution is 9.10. The van der Waals surface area contributed by atoms with Gasteiger partial charge in [0.2, 0.25) is 0 Å². The molecule has 0 atom stereocenters. The van der Waals surface area contributed by atoms with Crippen LogP contribution in [0.25, 0.3) is 0 Å². The van der Waals surface area contributed by atoms with Crippen LogP contribution in [0.5, 0.6) is 5.75 Å². The Kier molecular flexibility index (Phi) is 5.61. The van der Waals surface area contributed by atoms with Gasteiger partial charge in [0.05, 0.1) is 9.95 Å². The van der Waals surface area contributed by atoms with Crippen LogP contribution in [0.4, 0.5) is 5.69 Å². The molecule has 0 spiro atoms. The highest BCUT2D eigenvalue weighted by Crippen LogP contribution is 2.28. The number of alkyl halides is 1. The maximum absolute atomic E-state index is 10.7. The molecule has 2 aromatic carbocycles. The third-order valence-corrected chi connectivity index (χ3v) is 4.25. The summed E-state index contributed by atoms with van der Waals surface area (Å²) in [5, 5.41) is 11.6. The van der Waals surface area contributed by atoms with Gasteiger partial charge in [0.15, 0.2) is 0 Å². The molecule has 0 amide bonds. The van der Waals surface area contributed by atoms with Crippen LogP contribution in [-0.2, 0) is 11.9 Å².